The first kappa shape index (κ1) is 13.8. The van der Waals surface area contributed by atoms with Crippen LogP contribution in [0.25, 0.3) is 6.08 Å². The average Bonchev–Trinajstić information content (AvgIpc) is 2.23. The summed E-state index contributed by atoms with van der Waals surface area (Å²) in [5, 5.41) is 2.80. The number of nitrogens with one attached hydrogen (secondary N) is 1. The zero-order valence-corrected chi connectivity index (χ0v) is 9.67. The Hall–Kier alpha value is -1.29. The molecule has 0 aromatic heterocycles. The lowest BCUT2D eigenvalue weighted by Gasteiger charge is -2.14. The molecule has 0 bridgehead atoms. The molecular weight excluding hydrogens is 227 g/mol. The van der Waals surface area contributed by atoms with E-state index in [1.807, 2.05) is 42.5 Å². The standard InChI is InChI=1S/C13H16F3N/c1-11(10-13(14,15)16)17-9-5-8-12-6-3-2-4-7-12/h2-8,11,17H,9-10H2,1H3/b8-5+. The van der Waals surface area contributed by atoms with Gasteiger partial charge in [0.2, 0.25) is 0 Å². The van der Waals surface area contributed by atoms with Gasteiger partial charge in [0.25, 0.3) is 0 Å². The predicted octanol–water partition coefficient (Wildman–Crippen LogP) is 3.63. The Bertz CT molecular complexity index is 343. The van der Waals surface area contributed by atoms with E-state index in [1.54, 1.807) is 0 Å². The second-order valence-electron chi connectivity index (χ2n) is 3.94. The lowest BCUT2D eigenvalue weighted by Crippen LogP contribution is -2.31. The quantitative estimate of drug-likeness (QED) is 0.832. The van der Waals surface area contributed by atoms with Gasteiger partial charge in [-0.15, -0.1) is 0 Å². The van der Waals surface area contributed by atoms with Gasteiger partial charge in [-0.2, -0.15) is 13.2 Å². The van der Waals surface area contributed by atoms with Crippen LogP contribution in [0.2, 0.25) is 0 Å². The third kappa shape index (κ3) is 6.79. The van der Waals surface area contributed by atoms with Gasteiger partial charge in [-0.3, -0.25) is 0 Å². The van der Waals surface area contributed by atoms with Crippen molar-refractivity contribution in [2.24, 2.45) is 0 Å². The highest BCUT2D eigenvalue weighted by atomic mass is 19.4. The molecule has 0 aliphatic heterocycles. The Labute approximate surface area is 99.3 Å². The third-order valence-corrected chi connectivity index (χ3v) is 2.23. The minimum Gasteiger partial charge on any atom is -0.310 e. The van der Waals surface area contributed by atoms with Gasteiger partial charge in [-0.1, -0.05) is 42.5 Å². The summed E-state index contributed by atoms with van der Waals surface area (Å²) in [7, 11) is 0. The van der Waals surface area contributed by atoms with Crippen LogP contribution in [0.1, 0.15) is 18.9 Å². The monoisotopic (exact) mass is 243 g/mol. The molecule has 1 aromatic rings. The van der Waals surface area contributed by atoms with Crippen molar-refractivity contribution in [3.63, 3.8) is 0 Å². The average molecular weight is 243 g/mol. The van der Waals surface area contributed by atoms with E-state index in [0.717, 1.165) is 5.56 Å². The van der Waals surface area contributed by atoms with Crippen LogP contribution >= 0.6 is 0 Å². The molecule has 0 saturated carbocycles. The van der Waals surface area contributed by atoms with Gasteiger partial charge in [0.05, 0.1) is 6.42 Å². The second-order valence-corrected chi connectivity index (χ2v) is 3.94. The van der Waals surface area contributed by atoms with Crippen molar-refractivity contribution in [3.8, 4) is 0 Å². The lowest BCUT2D eigenvalue weighted by molar-refractivity contribution is -0.138. The molecule has 0 fully saturated rings. The van der Waals surface area contributed by atoms with Gasteiger partial charge in [0.15, 0.2) is 0 Å². The third-order valence-electron chi connectivity index (χ3n) is 2.23. The predicted molar refractivity (Wildman–Crippen MR) is 63.6 cm³/mol. The maximum atomic E-state index is 12.0. The fourth-order valence-electron chi connectivity index (χ4n) is 1.45. The molecule has 1 unspecified atom stereocenters. The first-order valence-electron chi connectivity index (χ1n) is 5.49. The number of hydrogen-bond acceptors (Lipinski definition) is 1. The van der Waals surface area contributed by atoms with Crippen LogP contribution in [0.15, 0.2) is 36.4 Å². The molecule has 4 heteroatoms. The number of alkyl halides is 3. The van der Waals surface area contributed by atoms with Gasteiger partial charge in [-0.25, -0.2) is 0 Å². The van der Waals surface area contributed by atoms with Crippen LogP contribution in [0.3, 0.4) is 0 Å². The van der Waals surface area contributed by atoms with E-state index >= 15 is 0 Å². The number of benzene rings is 1. The van der Waals surface area contributed by atoms with Crippen LogP contribution in [0.5, 0.6) is 0 Å². The van der Waals surface area contributed by atoms with Gasteiger partial charge >= 0.3 is 6.18 Å². The molecule has 1 aromatic carbocycles. The van der Waals surface area contributed by atoms with Crippen molar-refractivity contribution in [1.29, 1.82) is 0 Å². The molecule has 1 nitrogen and oxygen atoms in total. The van der Waals surface area contributed by atoms with Crippen LogP contribution < -0.4 is 5.32 Å². The largest absolute Gasteiger partial charge is 0.390 e. The molecule has 0 radical (unpaired) electrons. The fraction of sp³-hybridized carbons (Fsp3) is 0.385. The summed E-state index contributed by atoms with van der Waals surface area (Å²) >= 11 is 0. The summed E-state index contributed by atoms with van der Waals surface area (Å²) in [5.74, 6) is 0. The van der Waals surface area contributed by atoms with Crippen molar-refractivity contribution in [2.75, 3.05) is 6.54 Å². The zero-order chi connectivity index (χ0) is 12.7. The second kappa shape index (κ2) is 6.45. The van der Waals surface area contributed by atoms with Crippen molar-refractivity contribution in [3.05, 3.63) is 42.0 Å². The van der Waals surface area contributed by atoms with E-state index in [2.05, 4.69) is 5.32 Å². The molecule has 0 amide bonds. The van der Waals surface area contributed by atoms with Crippen LogP contribution in [0.4, 0.5) is 13.2 Å². The molecule has 94 valence electrons. The highest BCUT2D eigenvalue weighted by molar-refractivity contribution is 5.48. The van der Waals surface area contributed by atoms with E-state index in [0.29, 0.717) is 6.54 Å². The fourth-order valence-corrected chi connectivity index (χ4v) is 1.45. The Morgan fingerprint density at radius 1 is 1.24 bits per heavy atom. The highest BCUT2D eigenvalue weighted by Gasteiger charge is 2.29. The van der Waals surface area contributed by atoms with Crippen molar-refractivity contribution in [2.45, 2.75) is 25.6 Å². The molecule has 1 N–H and O–H groups in total. The van der Waals surface area contributed by atoms with E-state index in [-0.39, 0.29) is 0 Å². The van der Waals surface area contributed by atoms with Crippen molar-refractivity contribution in [1.82, 2.24) is 5.32 Å². The molecule has 0 aliphatic rings. The number of rotatable bonds is 5. The molecule has 1 rings (SSSR count). The highest BCUT2D eigenvalue weighted by Crippen LogP contribution is 2.21. The van der Waals surface area contributed by atoms with Gasteiger partial charge in [0, 0.05) is 12.6 Å². The Morgan fingerprint density at radius 3 is 2.47 bits per heavy atom. The molecular formula is C13H16F3N. The summed E-state index contributed by atoms with van der Waals surface area (Å²) in [5.41, 5.74) is 1.04. The van der Waals surface area contributed by atoms with Crippen molar-refractivity contribution >= 4 is 6.08 Å². The summed E-state index contributed by atoms with van der Waals surface area (Å²) in [6.45, 7) is 1.97. The Morgan fingerprint density at radius 2 is 1.88 bits per heavy atom. The van der Waals surface area contributed by atoms with E-state index in [4.69, 9.17) is 0 Å². The minimum atomic E-state index is -4.10. The summed E-state index contributed by atoms with van der Waals surface area (Å²) < 4.78 is 36.1. The van der Waals surface area contributed by atoms with Gasteiger partial charge in [-0.05, 0) is 12.5 Å². The SMILES string of the molecule is CC(CC(F)(F)F)NC/C=C/c1ccccc1. The van der Waals surface area contributed by atoms with Gasteiger partial charge in [0.1, 0.15) is 0 Å². The normalized spacial score (nSPS) is 14.1. The van der Waals surface area contributed by atoms with Crippen LogP contribution in [-0.4, -0.2) is 18.8 Å². The molecule has 0 heterocycles. The van der Waals surface area contributed by atoms with Gasteiger partial charge < -0.3 is 5.32 Å². The number of hydrogen-bond donors (Lipinski definition) is 1. The Balaban J connectivity index is 2.26. The Kier molecular flexibility index (Phi) is 5.22. The maximum Gasteiger partial charge on any atom is 0.390 e. The molecule has 0 saturated heterocycles. The van der Waals surface area contributed by atoms with Crippen molar-refractivity contribution < 1.29 is 13.2 Å². The summed E-state index contributed by atoms with van der Waals surface area (Å²) in [6.07, 6.45) is -1.20. The van der Waals surface area contributed by atoms with E-state index in [1.165, 1.54) is 6.92 Å². The van der Waals surface area contributed by atoms with Crippen LogP contribution in [0, 0.1) is 0 Å². The summed E-state index contributed by atoms with van der Waals surface area (Å²) in [6, 6.07) is 9.07. The number of halogens is 3. The molecule has 17 heavy (non-hydrogen) atoms. The van der Waals surface area contributed by atoms with E-state index < -0.39 is 18.6 Å². The molecule has 0 spiro atoms. The summed E-state index contributed by atoms with van der Waals surface area (Å²) in [4.78, 5) is 0. The lowest BCUT2D eigenvalue weighted by atomic mass is 10.2. The zero-order valence-electron chi connectivity index (χ0n) is 9.67. The van der Waals surface area contributed by atoms with Crippen LogP contribution in [-0.2, 0) is 0 Å². The molecule has 1 atom stereocenters. The molecule has 0 aliphatic carbocycles. The first-order chi connectivity index (χ1) is 7.97. The van der Waals surface area contributed by atoms with E-state index in [9.17, 15) is 13.2 Å². The maximum absolute atomic E-state index is 12.0. The minimum absolute atomic E-state index is 0.437. The topological polar surface area (TPSA) is 12.0 Å². The smallest absolute Gasteiger partial charge is 0.310 e. The first-order valence-corrected chi connectivity index (χ1v) is 5.49.